The van der Waals surface area contributed by atoms with E-state index in [1.165, 1.54) is 26.8 Å². The Kier molecular flexibility index (Phi) is 7.46. The van der Waals surface area contributed by atoms with Gasteiger partial charge in [0, 0.05) is 28.9 Å². The van der Waals surface area contributed by atoms with Gasteiger partial charge in [-0.3, -0.25) is 4.90 Å². The molecule has 3 heteroatoms. The third-order valence-electron chi connectivity index (χ3n) is 2.95. The molecule has 0 atom stereocenters. The molecule has 0 aliphatic heterocycles. The van der Waals surface area contributed by atoms with Crippen LogP contribution in [-0.4, -0.2) is 31.1 Å². The van der Waals surface area contributed by atoms with Crippen LogP contribution >= 0.6 is 22.6 Å². The maximum atomic E-state index is 4.00. The Morgan fingerprint density at radius 2 is 2.11 bits per heavy atom. The second kappa shape index (κ2) is 8.59. The summed E-state index contributed by atoms with van der Waals surface area (Å²) in [6.45, 7) is 14.7. The first-order valence-corrected chi connectivity index (χ1v) is 7.97. The Morgan fingerprint density at radius 3 is 2.68 bits per heavy atom. The Bertz CT molecular complexity index is 415. The fourth-order valence-corrected chi connectivity index (χ4v) is 2.42. The highest BCUT2D eigenvalue weighted by Gasteiger charge is 2.03. The van der Waals surface area contributed by atoms with Crippen LogP contribution in [-0.2, 0) is 0 Å². The smallest absolute Gasteiger partial charge is 0.0343 e. The van der Waals surface area contributed by atoms with Crippen molar-refractivity contribution in [3.8, 4) is 0 Å². The summed E-state index contributed by atoms with van der Waals surface area (Å²) >= 11 is 2.37. The maximum Gasteiger partial charge on any atom is 0.0343 e. The molecule has 0 amide bonds. The standard InChI is InChI=1S/C16H25IN2/c1-5-9-19(12-13(2)3)10-8-18-15-6-7-16(17)14(4)11-15/h6-7,11,18H,2,5,8-10,12H2,1,3-4H3. The molecular formula is C16H25IN2. The Labute approximate surface area is 131 Å². The molecule has 0 aliphatic rings. The van der Waals surface area contributed by atoms with Crippen molar-refractivity contribution < 1.29 is 0 Å². The van der Waals surface area contributed by atoms with Crippen molar-refractivity contribution in [3.05, 3.63) is 39.5 Å². The monoisotopic (exact) mass is 372 g/mol. The van der Waals surface area contributed by atoms with Crippen LogP contribution in [0.25, 0.3) is 0 Å². The lowest BCUT2D eigenvalue weighted by Gasteiger charge is -2.22. The van der Waals surface area contributed by atoms with Crippen molar-refractivity contribution in [2.24, 2.45) is 0 Å². The summed E-state index contributed by atoms with van der Waals surface area (Å²) in [5, 5.41) is 3.50. The van der Waals surface area contributed by atoms with Gasteiger partial charge in [0.2, 0.25) is 0 Å². The van der Waals surface area contributed by atoms with Crippen molar-refractivity contribution in [3.63, 3.8) is 0 Å². The Morgan fingerprint density at radius 1 is 1.37 bits per heavy atom. The van der Waals surface area contributed by atoms with Gasteiger partial charge in [0.15, 0.2) is 0 Å². The normalized spacial score (nSPS) is 10.8. The van der Waals surface area contributed by atoms with Gasteiger partial charge < -0.3 is 5.32 Å². The lowest BCUT2D eigenvalue weighted by Crippen LogP contribution is -2.31. The van der Waals surface area contributed by atoms with Gasteiger partial charge in [0.05, 0.1) is 0 Å². The van der Waals surface area contributed by atoms with Crippen LogP contribution in [0.5, 0.6) is 0 Å². The third-order valence-corrected chi connectivity index (χ3v) is 4.16. The van der Waals surface area contributed by atoms with Gasteiger partial charge in [-0.05, 0) is 73.2 Å². The van der Waals surface area contributed by atoms with Crippen molar-refractivity contribution in [2.45, 2.75) is 27.2 Å². The lowest BCUT2D eigenvalue weighted by molar-refractivity contribution is 0.308. The summed E-state index contributed by atoms with van der Waals surface area (Å²) in [6.07, 6.45) is 1.19. The second-order valence-electron chi connectivity index (χ2n) is 5.12. The first-order chi connectivity index (χ1) is 9.02. The summed E-state index contributed by atoms with van der Waals surface area (Å²) in [5.74, 6) is 0. The molecule has 19 heavy (non-hydrogen) atoms. The summed E-state index contributed by atoms with van der Waals surface area (Å²) in [6, 6.07) is 6.53. The van der Waals surface area contributed by atoms with Gasteiger partial charge in [-0.25, -0.2) is 0 Å². The van der Waals surface area contributed by atoms with Gasteiger partial charge in [0.25, 0.3) is 0 Å². The fraction of sp³-hybridized carbons (Fsp3) is 0.500. The molecule has 0 bridgehead atoms. The SMILES string of the molecule is C=C(C)CN(CCC)CCNc1ccc(I)c(C)c1. The molecule has 0 saturated heterocycles. The number of nitrogens with zero attached hydrogens (tertiary/aromatic N) is 1. The summed E-state index contributed by atoms with van der Waals surface area (Å²) in [7, 11) is 0. The zero-order chi connectivity index (χ0) is 14.3. The maximum absolute atomic E-state index is 4.00. The molecule has 106 valence electrons. The molecule has 0 aromatic heterocycles. The van der Waals surface area contributed by atoms with Crippen LogP contribution in [0.4, 0.5) is 5.69 Å². The minimum absolute atomic E-state index is 0.979. The highest BCUT2D eigenvalue weighted by Crippen LogP contribution is 2.16. The van der Waals surface area contributed by atoms with E-state index in [-0.39, 0.29) is 0 Å². The molecule has 1 N–H and O–H groups in total. The molecule has 0 radical (unpaired) electrons. The Hall–Kier alpha value is -0.550. The second-order valence-corrected chi connectivity index (χ2v) is 6.29. The summed E-state index contributed by atoms with van der Waals surface area (Å²) in [5.41, 5.74) is 3.78. The molecule has 1 aromatic rings. The van der Waals surface area contributed by atoms with Crippen LogP contribution in [0.15, 0.2) is 30.4 Å². The van der Waals surface area contributed by atoms with Gasteiger partial charge in [-0.15, -0.1) is 0 Å². The first-order valence-electron chi connectivity index (χ1n) is 6.89. The number of rotatable bonds is 8. The molecule has 0 saturated carbocycles. The molecule has 1 rings (SSSR count). The Balaban J connectivity index is 2.42. The zero-order valence-corrected chi connectivity index (χ0v) is 14.5. The van der Waals surface area contributed by atoms with Crippen LogP contribution in [0.3, 0.4) is 0 Å². The molecule has 0 aliphatic carbocycles. The zero-order valence-electron chi connectivity index (χ0n) is 12.3. The molecule has 1 aromatic carbocycles. The number of aryl methyl sites for hydroxylation is 1. The van der Waals surface area contributed by atoms with Gasteiger partial charge >= 0.3 is 0 Å². The first kappa shape index (κ1) is 16.5. The predicted molar refractivity (Wildman–Crippen MR) is 93.9 cm³/mol. The predicted octanol–water partition coefficient (Wildman–Crippen LogP) is 4.30. The van der Waals surface area contributed by atoms with E-state index in [1.807, 2.05) is 0 Å². The van der Waals surface area contributed by atoms with E-state index in [2.05, 4.69) is 78.4 Å². The average molecular weight is 372 g/mol. The van der Waals surface area contributed by atoms with Crippen molar-refractivity contribution in [2.75, 3.05) is 31.5 Å². The highest BCUT2D eigenvalue weighted by atomic mass is 127. The third kappa shape index (κ3) is 6.43. The van der Waals surface area contributed by atoms with Gasteiger partial charge in [-0.2, -0.15) is 0 Å². The fourth-order valence-electron chi connectivity index (χ4n) is 2.08. The van der Waals surface area contributed by atoms with Crippen LogP contribution < -0.4 is 5.32 Å². The van der Waals surface area contributed by atoms with E-state index >= 15 is 0 Å². The molecule has 2 nitrogen and oxygen atoms in total. The molecule has 0 fully saturated rings. The van der Waals surface area contributed by atoms with E-state index in [1.54, 1.807) is 0 Å². The topological polar surface area (TPSA) is 15.3 Å². The summed E-state index contributed by atoms with van der Waals surface area (Å²) < 4.78 is 1.32. The van der Waals surface area contributed by atoms with Crippen molar-refractivity contribution in [1.82, 2.24) is 4.90 Å². The van der Waals surface area contributed by atoms with E-state index in [9.17, 15) is 0 Å². The number of nitrogens with one attached hydrogen (secondary N) is 1. The van der Waals surface area contributed by atoms with Crippen LogP contribution in [0, 0.1) is 10.5 Å². The van der Waals surface area contributed by atoms with E-state index in [4.69, 9.17) is 0 Å². The number of hydrogen-bond acceptors (Lipinski definition) is 2. The van der Waals surface area contributed by atoms with Crippen molar-refractivity contribution >= 4 is 28.3 Å². The number of halogens is 1. The number of anilines is 1. The lowest BCUT2D eigenvalue weighted by atomic mass is 10.2. The quantitative estimate of drug-likeness (QED) is 0.541. The number of benzene rings is 1. The van der Waals surface area contributed by atoms with Gasteiger partial charge in [0.1, 0.15) is 0 Å². The molecule has 0 spiro atoms. The van der Waals surface area contributed by atoms with E-state index in [0.717, 1.165) is 26.2 Å². The number of hydrogen-bond donors (Lipinski definition) is 1. The minimum atomic E-state index is 0.979. The van der Waals surface area contributed by atoms with E-state index in [0.29, 0.717) is 0 Å². The van der Waals surface area contributed by atoms with Crippen LogP contribution in [0.1, 0.15) is 25.8 Å². The largest absolute Gasteiger partial charge is 0.384 e. The molecular weight excluding hydrogens is 347 g/mol. The highest BCUT2D eigenvalue weighted by molar-refractivity contribution is 14.1. The van der Waals surface area contributed by atoms with Crippen LogP contribution in [0.2, 0.25) is 0 Å². The molecule has 0 unspecified atom stereocenters. The molecule has 0 heterocycles. The average Bonchev–Trinajstić information content (AvgIpc) is 2.33. The summed E-state index contributed by atoms with van der Waals surface area (Å²) in [4.78, 5) is 2.45. The van der Waals surface area contributed by atoms with E-state index < -0.39 is 0 Å². The van der Waals surface area contributed by atoms with Gasteiger partial charge in [-0.1, -0.05) is 19.1 Å². The van der Waals surface area contributed by atoms with Crippen molar-refractivity contribution in [1.29, 1.82) is 0 Å². The minimum Gasteiger partial charge on any atom is -0.384 e.